The van der Waals surface area contributed by atoms with Crippen molar-refractivity contribution in [3.8, 4) is 0 Å². The fourth-order valence-corrected chi connectivity index (χ4v) is 3.19. The largest absolute Gasteiger partial charge is 0.378 e. The van der Waals surface area contributed by atoms with E-state index in [9.17, 15) is 4.79 Å². The van der Waals surface area contributed by atoms with Gasteiger partial charge in [0.25, 0.3) is 5.91 Å². The predicted molar refractivity (Wildman–Crippen MR) is 108 cm³/mol. The quantitative estimate of drug-likeness (QED) is 0.723. The van der Waals surface area contributed by atoms with Gasteiger partial charge >= 0.3 is 0 Å². The maximum atomic E-state index is 12.4. The lowest BCUT2D eigenvalue weighted by molar-refractivity contribution is 0.0925. The highest BCUT2D eigenvalue weighted by molar-refractivity contribution is 5.94. The van der Waals surface area contributed by atoms with Crippen LogP contribution in [0.15, 0.2) is 36.7 Å². The minimum atomic E-state index is -0.0742. The monoisotopic (exact) mass is 368 g/mol. The minimum absolute atomic E-state index is 0.0742. The molecule has 0 atom stereocenters. The molecule has 1 fully saturated rings. The number of hydrogen-bond acceptors (Lipinski definition) is 6. The van der Waals surface area contributed by atoms with E-state index in [1.54, 1.807) is 18.5 Å². The van der Waals surface area contributed by atoms with Crippen molar-refractivity contribution in [2.24, 2.45) is 5.73 Å². The smallest absolute Gasteiger partial charge is 0.253 e. The van der Waals surface area contributed by atoms with E-state index in [1.165, 1.54) is 0 Å². The Balaban J connectivity index is 1.52. The van der Waals surface area contributed by atoms with Crippen molar-refractivity contribution in [1.82, 2.24) is 15.3 Å². The van der Waals surface area contributed by atoms with Crippen LogP contribution in [0.5, 0.6) is 0 Å². The van der Waals surface area contributed by atoms with Crippen molar-refractivity contribution in [2.75, 3.05) is 24.3 Å². The van der Waals surface area contributed by atoms with Crippen LogP contribution in [0.4, 0.5) is 11.5 Å². The summed E-state index contributed by atoms with van der Waals surface area (Å²) < 4.78 is 0. The van der Waals surface area contributed by atoms with Gasteiger partial charge in [-0.15, -0.1) is 0 Å². The molecule has 0 bridgehead atoms. The van der Waals surface area contributed by atoms with Gasteiger partial charge in [-0.1, -0.05) is 0 Å². The zero-order valence-electron chi connectivity index (χ0n) is 16.0. The van der Waals surface area contributed by atoms with Gasteiger partial charge in [0.1, 0.15) is 5.82 Å². The number of nitrogens with zero attached hydrogens (tertiary/aromatic N) is 3. The minimum Gasteiger partial charge on any atom is -0.378 e. The summed E-state index contributed by atoms with van der Waals surface area (Å²) in [6, 6.07) is 8.10. The maximum Gasteiger partial charge on any atom is 0.253 e. The predicted octanol–water partition coefficient (Wildman–Crippen LogP) is 2.15. The number of pyridine rings is 2. The van der Waals surface area contributed by atoms with Gasteiger partial charge in [0.05, 0.1) is 17.8 Å². The van der Waals surface area contributed by atoms with Crippen LogP contribution in [-0.2, 0) is 6.54 Å². The van der Waals surface area contributed by atoms with Crippen LogP contribution in [0.2, 0.25) is 0 Å². The molecule has 1 saturated carbocycles. The summed E-state index contributed by atoms with van der Waals surface area (Å²) in [6.07, 6.45) is 7.23. The summed E-state index contributed by atoms with van der Waals surface area (Å²) in [7, 11) is 4.00. The molecule has 0 radical (unpaired) electrons. The van der Waals surface area contributed by atoms with Gasteiger partial charge in [-0.3, -0.25) is 9.78 Å². The van der Waals surface area contributed by atoms with Crippen molar-refractivity contribution >= 4 is 17.4 Å². The molecular weight excluding hydrogens is 340 g/mol. The molecule has 0 unspecified atom stereocenters. The highest BCUT2D eigenvalue weighted by Gasteiger charge is 2.20. The summed E-state index contributed by atoms with van der Waals surface area (Å²) in [5.74, 6) is 0.641. The Hall–Kier alpha value is -2.67. The summed E-state index contributed by atoms with van der Waals surface area (Å²) >= 11 is 0. The molecule has 144 valence electrons. The number of carbonyl (C=O) groups excluding carboxylic acids is 1. The van der Waals surface area contributed by atoms with E-state index in [-0.39, 0.29) is 18.0 Å². The van der Waals surface area contributed by atoms with E-state index >= 15 is 0 Å². The van der Waals surface area contributed by atoms with Gasteiger partial charge in [0, 0.05) is 44.3 Å². The number of aromatic nitrogens is 2. The number of nitrogens with two attached hydrogens (primary N) is 1. The standard InChI is InChI=1S/C20H28N6O/c1-26(2)18-9-10-22-17(11-18)13-24-19-8-3-14(12-23-19)20(27)25-16-6-4-15(21)5-7-16/h3,8-12,15-16H,4-7,13,21H2,1-2H3,(H,23,24)(H,25,27). The van der Waals surface area contributed by atoms with Crippen molar-refractivity contribution < 1.29 is 4.79 Å². The van der Waals surface area contributed by atoms with Crippen LogP contribution in [-0.4, -0.2) is 42.1 Å². The average molecular weight is 368 g/mol. The normalized spacial score (nSPS) is 19.4. The topological polar surface area (TPSA) is 96.2 Å². The molecule has 0 saturated heterocycles. The Morgan fingerprint density at radius 2 is 1.96 bits per heavy atom. The van der Waals surface area contributed by atoms with E-state index < -0.39 is 0 Å². The molecule has 27 heavy (non-hydrogen) atoms. The summed E-state index contributed by atoms with van der Waals surface area (Å²) in [4.78, 5) is 23.1. The molecule has 0 aromatic carbocycles. The Morgan fingerprint density at radius 1 is 1.19 bits per heavy atom. The van der Waals surface area contributed by atoms with Crippen LogP contribution in [0, 0.1) is 0 Å². The van der Waals surface area contributed by atoms with Crippen LogP contribution in [0.1, 0.15) is 41.7 Å². The second-order valence-corrected chi connectivity index (χ2v) is 7.27. The second kappa shape index (κ2) is 8.81. The number of anilines is 2. The van der Waals surface area contributed by atoms with Crippen molar-refractivity contribution in [2.45, 2.75) is 44.3 Å². The zero-order valence-corrected chi connectivity index (χ0v) is 16.0. The third-order valence-electron chi connectivity index (χ3n) is 4.90. The Kier molecular flexibility index (Phi) is 6.24. The maximum absolute atomic E-state index is 12.4. The Morgan fingerprint density at radius 3 is 2.63 bits per heavy atom. The first-order valence-corrected chi connectivity index (χ1v) is 9.40. The van der Waals surface area contributed by atoms with Crippen molar-refractivity contribution in [3.05, 3.63) is 47.9 Å². The fraction of sp³-hybridized carbons (Fsp3) is 0.450. The molecule has 1 amide bonds. The van der Waals surface area contributed by atoms with Gasteiger partial charge in [-0.05, 0) is 49.9 Å². The molecule has 2 aromatic rings. The third-order valence-corrected chi connectivity index (χ3v) is 4.90. The first-order valence-electron chi connectivity index (χ1n) is 9.40. The number of amides is 1. The molecule has 0 spiro atoms. The summed E-state index contributed by atoms with van der Waals surface area (Å²) in [5.41, 5.74) is 8.52. The molecule has 7 heteroatoms. The molecule has 2 aromatic heterocycles. The lowest BCUT2D eigenvalue weighted by Crippen LogP contribution is -2.40. The molecule has 7 nitrogen and oxygen atoms in total. The first-order chi connectivity index (χ1) is 13.0. The number of nitrogens with one attached hydrogen (secondary N) is 2. The van der Waals surface area contributed by atoms with Crippen LogP contribution in [0.25, 0.3) is 0 Å². The van der Waals surface area contributed by atoms with Crippen LogP contribution >= 0.6 is 0 Å². The number of carbonyl (C=O) groups is 1. The van der Waals surface area contributed by atoms with Crippen molar-refractivity contribution in [3.63, 3.8) is 0 Å². The average Bonchev–Trinajstić information content (AvgIpc) is 2.68. The molecule has 1 aliphatic carbocycles. The molecular formula is C20H28N6O. The van der Waals surface area contributed by atoms with E-state index in [4.69, 9.17) is 5.73 Å². The second-order valence-electron chi connectivity index (χ2n) is 7.27. The lowest BCUT2D eigenvalue weighted by Gasteiger charge is -2.26. The van der Waals surface area contributed by atoms with E-state index in [0.29, 0.717) is 17.9 Å². The Labute approximate surface area is 160 Å². The summed E-state index contributed by atoms with van der Waals surface area (Å²) in [6.45, 7) is 0.572. The SMILES string of the molecule is CN(C)c1ccnc(CNc2ccc(C(=O)NC3CCC(N)CC3)cn2)c1. The molecule has 4 N–H and O–H groups in total. The van der Waals surface area contributed by atoms with E-state index in [1.807, 2.05) is 37.2 Å². The zero-order chi connectivity index (χ0) is 19.2. The van der Waals surface area contributed by atoms with Gasteiger partial charge in [0.15, 0.2) is 0 Å². The van der Waals surface area contributed by atoms with Gasteiger partial charge in [-0.25, -0.2) is 4.98 Å². The van der Waals surface area contributed by atoms with Crippen molar-refractivity contribution in [1.29, 1.82) is 0 Å². The highest BCUT2D eigenvalue weighted by Crippen LogP contribution is 2.18. The van der Waals surface area contributed by atoms with E-state index in [0.717, 1.165) is 37.1 Å². The molecule has 0 aliphatic heterocycles. The van der Waals surface area contributed by atoms with E-state index in [2.05, 4.69) is 20.6 Å². The third kappa shape index (κ3) is 5.40. The molecule has 1 aliphatic rings. The fourth-order valence-electron chi connectivity index (χ4n) is 3.19. The van der Waals surface area contributed by atoms with Gasteiger partial charge in [0.2, 0.25) is 0 Å². The first kappa shape index (κ1) is 19.1. The van der Waals surface area contributed by atoms with Gasteiger partial charge in [-0.2, -0.15) is 0 Å². The van der Waals surface area contributed by atoms with Crippen LogP contribution in [0.3, 0.4) is 0 Å². The molecule has 3 rings (SSSR count). The van der Waals surface area contributed by atoms with Crippen LogP contribution < -0.4 is 21.3 Å². The van der Waals surface area contributed by atoms with Gasteiger partial charge < -0.3 is 21.3 Å². The Bertz CT molecular complexity index is 753. The highest BCUT2D eigenvalue weighted by atomic mass is 16.1. The number of hydrogen-bond donors (Lipinski definition) is 3. The summed E-state index contributed by atoms with van der Waals surface area (Å²) in [5, 5.41) is 6.32. The molecule has 2 heterocycles. The number of rotatable bonds is 6. The lowest BCUT2D eigenvalue weighted by atomic mass is 9.92.